The number of hydrogen-bond acceptors (Lipinski definition) is 5. The van der Waals surface area contributed by atoms with Crippen LogP contribution in [0.5, 0.6) is 5.75 Å². The van der Waals surface area contributed by atoms with Crippen LogP contribution in [0.4, 0.5) is 0 Å². The predicted octanol–water partition coefficient (Wildman–Crippen LogP) is 0.738. The maximum atomic E-state index is 8.70. The van der Waals surface area contributed by atoms with Crippen molar-refractivity contribution in [2.45, 2.75) is 13.5 Å². The van der Waals surface area contributed by atoms with Gasteiger partial charge in [0.15, 0.2) is 5.82 Å². The second-order valence-electron chi connectivity index (χ2n) is 4.00. The minimum atomic E-state index is -0.0374. The Morgan fingerprint density at radius 2 is 2.32 bits per heavy atom. The summed E-state index contributed by atoms with van der Waals surface area (Å²) in [6.07, 6.45) is 3.32. The zero-order valence-electron chi connectivity index (χ0n) is 10.7. The lowest BCUT2D eigenvalue weighted by Gasteiger charge is -2.08. The van der Waals surface area contributed by atoms with Gasteiger partial charge in [0.05, 0.1) is 19.3 Å². The highest BCUT2D eigenvalue weighted by Crippen LogP contribution is 2.14. The normalized spacial score (nSPS) is 11.6. The number of imidazole rings is 1. The Morgan fingerprint density at radius 3 is 3.00 bits per heavy atom. The third-order valence-electron chi connectivity index (χ3n) is 2.60. The maximum absolute atomic E-state index is 8.70. The van der Waals surface area contributed by atoms with Crippen molar-refractivity contribution in [2.75, 3.05) is 7.11 Å². The van der Waals surface area contributed by atoms with E-state index in [1.165, 1.54) is 0 Å². The van der Waals surface area contributed by atoms with Crippen molar-refractivity contribution < 1.29 is 9.94 Å². The second kappa shape index (κ2) is 5.38. The van der Waals surface area contributed by atoms with Gasteiger partial charge in [-0.15, -0.1) is 0 Å². The third-order valence-corrected chi connectivity index (χ3v) is 2.60. The molecule has 7 heteroatoms. The number of amidine groups is 1. The van der Waals surface area contributed by atoms with Crippen LogP contribution >= 0.6 is 0 Å². The van der Waals surface area contributed by atoms with Crippen LogP contribution in [0.15, 0.2) is 29.7 Å². The van der Waals surface area contributed by atoms with E-state index in [1.807, 2.05) is 19.1 Å². The van der Waals surface area contributed by atoms with Gasteiger partial charge in [0, 0.05) is 30.2 Å². The number of hydrogen-bond donors (Lipinski definition) is 2. The fourth-order valence-electron chi connectivity index (χ4n) is 1.79. The molecule has 0 aliphatic rings. The molecule has 100 valence electrons. The number of nitrogens with two attached hydrogens (primary N) is 1. The Bertz CT molecular complexity index is 606. The number of pyridine rings is 1. The van der Waals surface area contributed by atoms with Gasteiger partial charge in [0.25, 0.3) is 0 Å². The molecule has 0 aliphatic carbocycles. The van der Waals surface area contributed by atoms with Crippen LogP contribution < -0.4 is 10.5 Å². The molecule has 0 amide bonds. The number of aromatic nitrogens is 3. The molecule has 0 aromatic carbocycles. The van der Waals surface area contributed by atoms with E-state index in [-0.39, 0.29) is 5.84 Å². The predicted molar refractivity (Wildman–Crippen MR) is 69.4 cm³/mol. The molecule has 2 aromatic rings. The van der Waals surface area contributed by atoms with Gasteiger partial charge in [0.2, 0.25) is 5.84 Å². The van der Waals surface area contributed by atoms with E-state index < -0.39 is 0 Å². The summed E-state index contributed by atoms with van der Waals surface area (Å²) >= 11 is 0. The van der Waals surface area contributed by atoms with Crippen LogP contribution in [-0.2, 0) is 6.54 Å². The number of aryl methyl sites for hydroxylation is 1. The molecule has 0 spiro atoms. The fraction of sp³-hybridized carbons (Fsp3) is 0.250. The molecule has 3 N–H and O–H groups in total. The first kappa shape index (κ1) is 12.9. The van der Waals surface area contributed by atoms with E-state index in [0.29, 0.717) is 12.4 Å². The van der Waals surface area contributed by atoms with E-state index in [2.05, 4.69) is 15.1 Å². The number of rotatable bonds is 4. The van der Waals surface area contributed by atoms with Gasteiger partial charge in [-0.05, 0) is 6.92 Å². The van der Waals surface area contributed by atoms with Crippen molar-refractivity contribution in [1.29, 1.82) is 0 Å². The van der Waals surface area contributed by atoms with Crippen LogP contribution in [0, 0.1) is 6.92 Å². The van der Waals surface area contributed by atoms with E-state index in [4.69, 9.17) is 15.7 Å². The van der Waals surface area contributed by atoms with Crippen molar-refractivity contribution >= 4 is 5.84 Å². The molecular weight excluding hydrogens is 246 g/mol. The molecule has 2 rings (SSSR count). The van der Waals surface area contributed by atoms with Crippen LogP contribution in [0.3, 0.4) is 0 Å². The van der Waals surface area contributed by atoms with Crippen molar-refractivity contribution in [2.24, 2.45) is 10.9 Å². The number of nitrogens with zero attached hydrogens (tertiary/aromatic N) is 4. The molecule has 0 radical (unpaired) electrons. The number of methoxy groups -OCH3 is 1. The molecule has 0 bridgehead atoms. The zero-order valence-corrected chi connectivity index (χ0v) is 10.7. The largest absolute Gasteiger partial charge is 0.497 e. The first-order chi connectivity index (χ1) is 9.13. The topological polar surface area (TPSA) is 98.5 Å². The molecule has 0 saturated carbocycles. The van der Waals surface area contributed by atoms with Crippen molar-refractivity contribution in [3.05, 3.63) is 41.7 Å². The van der Waals surface area contributed by atoms with Gasteiger partial charge < -0.3 is 20.2 Å². The maximum Gasteiger partial charge on any atom is 0.206 e. The van der Waals surface area contributed by atoms with Crippen molar-refractivity contribution in [3.8, 4) is 5.75 Å². The van der Waals surface area contributed by atoms with Gasteiger partial charge in [0.1, 0.15) is 5.75 Å². The number of ether oxygens (including phenoxy) is 1. The summed E-state index contributed by atoms with van der Waals surface area (Å²) in [5.74, 6) is 1.10. The lowest BCUT2D eigenvalue weighted by atomic mass is 10.3. The zero-order chi connectivity index (χ0) is 13.8. The first-order valence-electron chi connectivity index (χ1n) is 5.64. The Hall–Kier alpha value is -2.57. The fourth-order valence-corrected chi connectivity index (χ4v) is 1.79. The first-order valence-corrected chi connectivity index (χ1v) is 5.64. The molecular formula is C12H15N5O2. The van der Waals surface area contributed by atoms with Crippen LogP contribution in [-0.4, -0.2) is 32.7 Å². The van der Waals surface area contributed by atoms with E-state index in [9.17, 15) is 0 Å². The minimum absolute atomic E-state index is 0.0374. The SMILES string of the molecule is COc1cc(C)nc(Cn2ccnc2/C(N)=N/O)c1. The summed E-state index contributed by atoms with van der Waals surface area (Å²) in [6, 6.07) is 3.69. The number of oxime groups is 1. The van der Waals surface area contributed by atoms with Gasteiger partial charge in [-0.3, -0.25) is 4.98 Å². The van der Waals surface area contributed by atoms with Crippen LogP contribution in [0.25, 0.3) is 0 Å². The molecule has 0 atom stereocenters. The molecule has 0 saturated heterocycles. The minimum Gasteiger partial charge on any atom is -0.497 e. The van der Waals surface area contributed by atoms with E-state index in [1.54, 1.807) is 24.1 Å². The van der Waals surface area contributed by atoms with Gasteiger partial charge in [-0.25, -0.2) is 4.98 Å². The van der Waals surface area contributed by atoms with Crippen molar-refractivity contribution in [3.63, 3.8) is 0 Å². The lowest BCUT2D eigenvalue weighted by molar-refractivity contribution is 0.318. The Labute approximate surface area is 110 Å². The van der Waals surface area contributed by atoms with Crippen LogP contribution in [0.2, 0.25) is 0 Å². The third kappa shape index (κ3) is 2.82. The summed E-state index contributed by atoms with van der Waals surface area (Å²) in [4.78, 5) is 8.45. The second-order valence-corrected chi connectivity index (χ2v) is 4.00. The summed E-state index contributed by atoms with van der Waals surface area (Å²) in [5.41, 5.74) is 7.22. The standard InChI is InChI=1S/C12H15N5O2/c1-8-5-10(19-2)6-9(15-8)7-17-4-3-14-12(17)11(13)16-18/h3-6,18H,7H2,1-2H3,(H2,13,16). The molecule has 0 fully saturated rings. The molecule has 0 unspecified atom stereocenters. The summed E-state index contributed by atoms with van der Waals surface area (Å²) in [7, 11) is 1.61. The average molecular weight is 261 g/mol. The highest BCUT2D eigenvalue weighted by molar-refractivity contribution is 5.93. The molecule has 19 heavy (non-hydrogen) atoms. The smallest absolute Gasteiger partial charge is 0.206 e. The molecule has 2 heterocycles. The Kier molecular flexibility index (Phi) is 3.65. The monoisotopic (exact) mass is 261 g/mol. The van der Waals surface area contributed by atoms with Gasteiger partial charge in [-0.2, -0.15) is 0 Å². The van der Waals surface area contributed by atoms with Crippen LogP contribution in [0.1, 0.15) is 17.2 Å². The Balaban J connectivity index is 2.31. The lowest BCUT2D eigenvalue weighted by Crippen LogP contribution is -2.20. The van der Waals surface area contributed by atoms with Crippen molar-refractivity contribution in [1.82, 2.24) is 14.5 Å². The molecule has 7 nitrogen and oxygen atoms in total. The summed E-state index contributed by atoms with van der Waals surface area (Å²) < 4.78 is 6.95. The van der Waals surface area contributed by atoms with Gasteiger partial charge >= 0.3 is 0 Å². The van der Waals surface area contributed by atoms with Gasteiger partial charge in [-0.1, -0.05) is 5.16 Å². The molecule has 0 aliphatic heterocycles. The van der Waals surface area contributed by atoms with E-state index in [0.717, 1.165) is 17.1 Å². The highest BCUT2D eigenvalue weighted by atomic mass is 16.5. The molecule has 2 aromatic heterocycles. The van der Waals surface area contributed by atoms with E-state index >= 15 is 0 Å². The quantitative estimate of drug-likeness (QED) is 0.366. The highest BCUT2D eigenvalue weighted by Gasteiger charge is 2.09. The summed E-state index contributed by atoms with van der Waals surface area (Å²) in [5, 5.41) is 11.6. The Morgan fingerprint density at radius 1 is 1.53 bits per heavy atom. The summed E-state index contributed by atoms with van der Waals surface area (Å²) in [6.45, 7) is 2.36. The average Bonchev–Trinajstić information content (AvgIpc) is 2.85.